The van der Waals surface area contributed by atoms with Gasteiger partial charge in [-0.2, -0.15) is 4.98 Å². The fourth-order valence-electron chi connectivity index (χ4n) is 2.81. The Bertz CT molecular complexity index is 833. The van der Waals surface area contributed by atoms with Gasteiger partial charge in [0.25, 0.3) is 5.91 Å². The molecule has 1 aromatic carbocycles. The maximum Gasteiger partial charge on any atom is 0.252 e. The number of rotatable bonds is 9. The highest BCUT2D eigenvalue weighted by atomic mass is 35.5. The average molecular weight is 408 g/mol. The Morgan fingerprint density at radius 2 is 2.14 bits per heavy atom. The normalized spacial score (nSPS) is 14.8. The summed E-state index contributed by atoms with van der Waals surface area (Å²) in [6.45, 7) is 6.49. The minimum absolute atomic E-state index is 0.0704. The Labute approximate surface area is 169 Å². The van der Waals surface area contributed by atoms with Gasteiger partial charge in [0.15, 0.2) is 17.3 Å². The van der Waals surface area contributed by atoms with Crippen molar-refractivity contribution < 1.29 is 18.8 Å². The van der Waals surface area contributed by atoms with Crippen LogP contribution < -0.4 is 14.8 Å². The van der Waals surface area contributed by atoms with Crippen molar-refractivity contribution in [2.24, 2.45) is 5.92 Å². The molecule has 1 unspecified atom stereocenters. The van der Waals surface area contributed by atoms with Crippen LogP contribution in [-0.2, 0) is 0 Å². The SMILES string of the molecule is CCCOc1c(Cl)cc(C(=O)NC(c2nc(C3CC3)no2)C(C)C)cc1OC. The number of hydrogen-bond donors (Lipinski definition) is 1. The van der Waals surface area contributed by atoms with Gasteiger partial charge in [0.05, 0.1) is 18.7 Å². The predicted molar refractivity (Wildman–Crippen MR) is 105 cm³/mol. The number of hydrogen-bond acceptors (Lipinski definition) is 6. The smallest absolute Gasteiger partial charge is 0.252 e. The summed E-state index contributed by atoms with van der Waals surface area (Å²) in [6, 6.07) is 2.80. The highest BCUT2D eigenvalue weighted by molar-refractivity contribution is 6.32. The standard InChI is InChI=1S/C20H26ClN3O4/c1-5-8-27-17-14(21)9-13(10-15(17)26-4)19(25)22-16(11(2)3)20-23-18(24-28-20)12-6-7-12/h9-12,16H,5-8H2,1-4H3,(H,22,25). The maximum atomic E-state index is 12.9. The van der Waals surface area contributed by atoms with Crippen LogP contribution in [0.5, 0.6) is 11.5 Å². The molecule has 1 saturated carbocycles. The van der Waals surface area contributed by atoms with E-state index < -0.39 is 6.04 Å². The number of methoxy groups -OCH3 is 1. The number of nitrogens with one attached hydrogen (secondary N) is 1. The van der Waals surface area contributed by atoms with E-state index in [0.717, 1.165) is 25.1 Å². The molecular weight excluding hydrogens is 382 g/mol. The van der Waals surface area contributed by atoms with Crippen LogP contribution in [-0.4, -0.2) is 29.8 Å². The highest BCUT2D eigenvalue weighted by Gasteiger charge is 2.32. The summed E-state index contributed by atoms with van der Waals surface area (Å²) < 4.78 is 16.4. The van der Waals surface area contributed by atoms with Crippen LogP contribution in [0.4, 0.5) is 0 Å². The lowest BCUT2D eigenvalue weighted by Crippen LogP contribution is -2.32. The van der Waals surface area contributed by atoms with Crippen molar-refractivity contribution in [3.63, 3.8) is 0 Å². The second-order valence-corrected chi connectivity index (χ2v) is 7.71. The zero-order valence-corrected chi connectivity index (χ0v) is 17.4. The van der Waals surface area contributed by atoms with E-state index in [4.69, 9.17) is 25.6 Å². The van der Waals surface area contributed by atoms with E-state index in [9.17, 15) is 4.79 Å². The van der Waals surface area contributed by atoms with E-state index in [1.807, 2.05) is 20.8 Å². The van der Waals surface area contributed by atoms with Crippen LogP contribution in [0.15, 0.2) is 16.7 Å². The third-order valence-electron chi connectivity index (χ3n) is 4.56. The van der Waals surface area contributed by atoms with Crippen molar-refractivity contribution in [2.75, 3.05) is 13.7 Å². The van der Waals surface area contributed by atoms with Gasteiger partial charge in [-0.15, -0.1) is 0 Å². The number of carbonyl (C=O) groups is 1. The van der Waals surface area contributed by atoms with Gasteiger partial charge in [0, 0.05) is 11.5 Å². The van der Waals surface area contributed by atoms with Crippen molar-refractivity contribution in [1.82, 2.24) is 15.5 Å². The van der Waals surface area contributed by atoms with Gasteiger partial charge in [0.2, 0.25) is 5.89 Å². The number of aromatic nitrogens is 2. The zero-order chi connectivity index (χ0) is 20.3. The molecule has 2 aromatic rings. The molecule has 8 heteroatoms. The molecule has 1 aromatic heterocycles. The van der Waals surface area contributed by atoms with Gasteiger partial charge in [-0.25, -0.2) is 0 Å². The average Bonchev–Trinajstić information content (AvgIpc) is 3.41. The third kappa shape index (κ3) is 4.58. The lowest BCUT2D eigenvalue weighted by molar-refractivity contribution is 0.0913. The molecule has 0 saturated heterocycles. The number of benzene rings is 1. The number of nitrogens with zero attached hydrogens (tertiary/aromatic N) is 2. The molecule has 0 aliphatic heterocycles. The number of carbonyl (C=O) groups excluding carboxylic acids is 1. The first-order valence-corrected chi connectivity index (χ1v) is 9.97. The van der Waals surface area contributed by atoms with Gasteiger partial charge in [0.1, 0.15) is 6.04 Å². The summed E-state index contributed by atoms with van der Waals surface area (Å²) >= 11 is 6.33. The lowest BCUT2D eigenvalue weighted by Gasteiger charge is -2.19. The molecule has 1 heterocycles. The summed E-state index contributed by atoms with van der Waals surface area (Å²) in [4.78, 5) is 17.4. The maximum absolute atomic E-state index is 12.9. The summed E-state index contributed by atoms with van der Waals surface area (Å²) in [5.41, 5.74) is 0.373. The molecule has 1 fully saturated rings. The van der Waals surface area contributed by atoms with Crippen LogP contribution in [0.2, 0.25) is 5.02 Å². The molecule has 28 heavy (non-hydrogen) atoms. The first kappa shape index (κ1) is 20.5. The molecule has 7 nitrogen and oxygen atoms in total. The Morgan fingerprint density at radius 1 is 1.39 bits per heavy atom. The third-order valence-corrected chi connectivity index (χ3v) is 4.84. The fraction of sp³-hybridized carbons (Fsp3) is 0.550. The van der Waals surface area contributed by atoms with Gasteiger partial charge < -0.3 is 19.3 Å². The molecule has 0 radical (unpaired) electrons. The monoisotopic (exact) mass is 407 g/mol. The zero-order valence-electron chi connectivity index (χ0n) is 16.6. The van der Waals surface area contributed by atoms with E-state index in [-0.39, 0.29) is 11.8 Å². The van der Waals surface area contributed by atoms with E-state index in [1.165, 1.54) is 7.11 Å². The van der Waals surface area contributed by atoms with Crippen molar-refractivity contribution in [3.05, 3.63) is 34.4 Å². The first-order valence-electron chi connectivity index (χ1n) is 9.59. The predicted octanol–water partition coefficient (Wildman–Crippen LogP) is 4.52. The molecular formula is C20H26ClN3O4. The Balaban J connectivity index is 1.80. The minimum atomic E-state index is -0.395. The molecule has 3 rings (SSSR count). The highest BCUT2D eigenvalue weighted by Crippen LogP contribution is 2.39. The molecule has 1 N–H and O–H groups in total. The van der Waals surface area contributed by atoms with E-state index >= 15 is 0 Å². The quantitative estimate of drug-likeness (QED) is 0.657. The molecule has 1 atom stereocenters. The number of ether oxygens (including phenoxy) is 2. The molecule has 1 aliphatic rings. The Hall–Kier alpha value is -2.28. The van der Waals surface area contributed by atoms with Crippen molar-refractivity contribution in [2.45, 2.75) is 52.0 Å². The van der Waals surface area contributed by atoms with Gasteiger partial charge in [-0.1, -0.05) is 37.5 Å². The lowest BCUT2D eigenvalue weighted by atomic mass is 10.0. The van der Waals surface area contributed by atoms with Crippen molar-refractivity contribution in [1.29, 1.82) is 0 Å². The number of halogens is 1. The fourth-order valence-corrected chi connectivity index (χ4v) is 3.08. The van der Waals surface area contributed by atoms with Gasteiger partial charge in [-0.05, 0) is 37.3 Å². The van der Waals surface area contributed by atoms with Crippen LogP contribution >= 0.6 is 11.6 Å². The summed E-state index contributed by atoms with van der Waals surface area (Å²) in [5.74, 6) is 2.16. The molecule has 1 aliphatic carbocycles. The number of amides is 1. The topological polar surface area (TPSA) is 86.5 Å². The minimum Gasteiger partial charge on any atom is -0.493 e. The second kappa shape index (κ2) is 8.82. The van der Waals surface area contributed by atoms with Crippen LogP contribution in [0.3, 0.4) is 0 Å². The summed E-state index contributed by atoms with van der Waals surface area (Å²) in [6.07, 6.45) is 3.01. The van der Waals surface area contributed by atoms with E-state index in [2.05, 4.69) is 15.5 Å². The Morgan fingerprint density at radius 3 is 2.75 bits per heavy atom. The second-order valence-electron chi connectivity index (χ2n) is 7.30. The van der Waals surface area contributed by atoms with Crippen molar-refractivity contribution in [3.8, 4) is 11.5 Å². The van der Waals surface area contributed by atoms with Crippen LogP contribution in [0.1, 0.15) is 74.1 Å². The first-order chi connectivity index (χ1) is 13.4. The van der Waals surface area contributed by atoms with Crippen molar-refractivity contribution >= 4 is 17.5 Å². The van der Waals surface area contributed by atoms with Crippen LogP contribution in [0, 0.1) is 5.92 Å². The molecule has 1 amide bonds. The molecule has 0 spiro atoms. The Kier molecular flexibility index (Phi) is 6.44. The summed E-state index contributed by atoms with van der Waals surface area (Å²) in [5, 5.41) is 7.35. The van der Waals surface area contributed by atoms with Crippen LogP contribution in [0.25, 0.3) is 0 Å². The van der Waals surface area contributed by atoms with Gasteiger partial charge >= 0.3 is 0 Å². The largest absolute Gasteiger partial charge is 0.493 e. The molecule has 152 valence electrons. The summed E-state index contributed by atoms with van der Waals surface area (Å²) in [7, 11) is 1.51. The van der Waals surface area contributed by atoms with Gasteiger partial charge in [-0.3, -0.25) is 4.79 Å². The molecule has 0 bridgehead atoms. The van der Waals surface area contributed by atoms with E-state index in [0.29, 0.717) is 40.5 Å². The van der Waals surface area contributed by atoms with E-state index in [1.54, 1.807) is 12.1 Å².